The minimum Gasteiger partial charge on any atom is -0.465 e. The molecular formula is C13H14ClNO2. The van der Waals surface area contributed by atoms with E-state index in [9.17, 15) is 4.79 Å². The molecule has 1 aromatic carbocycles. The summed E-state index contributed by atoms with van der Waals surface area (Å²) in [6, 6.07) is 9.37. The van der Waals surface area contributed by atoms with E-state index in [0.717, 1.165) is 5.56 Å². The number of hydrogen-bond donors (Lipinski definition) is 0. The molecule has 0 saturated carbocycles. The molecule has 0 aliphatic heterocycles. The number of benzene rings is 1. The van der Waals surface area contributed by atoms with Crippen LogP contribution < -0.4 is 0 Å². The molecule has 0 aliphatic carbocycles. The van der Waals surface area contributed by atoms with Crippen LogP contribution in [0, 0.1) is 17.2 Å². The second-order valence-electron chi connectivity index (χ2n) is 3.56. The molecule has 3 nitrogen and oxygen atoms in total. The first-order valence-electron chi connectivity index (χ1n) is 5.48. The number of hydrogen-bond acceptors (Lipinski definition) is 3. The summed E-state index contributed by atoms with van der Waals surface area (Å²) in [5, 5.41) is 9.55. The Morgan fingerprint density at radius 1 is 1.53 bits per heavy atom. The fourth-order valence-corrected chi connectivity index (χ4v) is 1.71. The second kappa shape index (κ2) is 6.93. The fourth-order valence-electron chi connectivity index (χ4n) is 1.48. The van der Waals surface area contributed by atoms with E-state index in [-0.39, 0.29) is 0 Å². The Morgan fingerprint density at radius 2 is 2.24 bits per heavy atom. The van der Waals surface area contributed by atoms with Gasteiger partial charge in [0.1, 0.15) is 5.92 Å². The third kappa shape index (κ3) is 4.08. The molecule has 17 heavy (non-hydrogen) atoms. The molecule has 0 radical (unpaired) electrons. The maximum Gasteiger partial charge on any atom is 0.323 e. The largest absolute Gasteiger partial charge is 0.465 e. The number of carbonyl (C=O) groups excluding carboxylic acids is 1. The minimum atomic E-state index is -0.716. The lowest BCUT2D eigenvalue weighted by atomic mass is 10.0. The highest BCUT2D eigenvalue weighted by Crippen LogP contribution is 2.19. The van der Waals surface area contributed by atoms with E-state index < -0.39 is 11.9 Å². The number of rotatable bonds is 5. The summed E-state index contributed by atoms with van der Waals surface area (Å²) in [6.45, 7) is 2.02. The monoisotopic (exact) mass is 251 g/mol. The Morgan fingerprint density at radius 3 is 2.82 bits per heavy atom. The minimum absolute atomic E-state index is 0.295. The lowest BCUT2D eigenvalue weighted by molar-refractivity contribution is -0.146. The van der Waals surface area contributed by atoms with Crippen molar-refractivity contribution >= 4 is 17.6 Å². The number of nitrogens with zero attached hydrogens (tertiary/aromatic N) is 1. The molecule has 1 unspecified atom stereocenters. The number of carbonyl (C=O) groups is 1. The van der Waals surface area contributed by atoms with Crippen LogP contribution in [0.1, 0.15) is 18.9 Å². The van der Waals surface area contributed by atoms with Gasteiger partial charge in [0.2, 0.25) is 0 Å². The zero-order chi connectivity index (χ0) is 12.7. The molecule has 0 aromatic heterocycles. The Balaban J connectivity index is 2.57. The van der Waals surface area contributed by atoms with Crippen LogP contribution in [0.3, 0.4) is 0 Å². The van der Waals surface area contributed by atoms with Gasteiger partial charge < -0.3 is 4.74 Å². The summed E-state index contributed by atoms with van der Waals surface area (Å²) in [7, 11) is 0. The molecule has 0 fully saturated rings. The van der Waals surface area contributed by atoms with Crippen molar-refractivity contribution in [2.45, 2.75) is 19.8 Å². The maximum atomic E-state index is 11.4. The van der Waals surface area contributed by atoms with E-state index >= 15 is 0 Å². The molecule has 0 bridgehead atoms. The molecular weight excluding hydrogens is 238 g/mol. The number of nitriles is 1. The molecule has 4 heteroatoms. The Labute approximate surface area is 106 Å². The third-order valence-electron chi connectivity index (χ3n) is 2.39. The van der Waals surface area contributed by atoms with Gasteiger partial charge in [0.25, 0.3) is 0 Å². The van der Waals surface area contributed by atoms with Crippen molar-refractivity contribution in [3.8, 4) is 6.07 Å². The number of halogens is 1. The highest BCUT2D eigenvalue weighted by Gasteiger charge is 2.19. The third-order valence-corrected chi connectivity index (χ3v) is 2.76. The molecule has 90 valence electrons. The summed E-state index contributed by atoms with van der Waals surface area (Å²) in [6.07, 6.45) is 1.02. The Hall–Kier alpha value is -1.53. The van der Waals surface area contributed by atoms with Crippen molar-refractivity contribution in [1.82, 2.24) is 0 Å². The van der Waals surface area contributed by atoms with Crippen molar-refractivity contribution in [1.29, 1.82) is 5.26 Å². The van der Waals surface area contributed by atoms with Gasteiger partial charge in [-0.05, 0) is 31.4 Å². The van der Waals surface area contributed by atoms with Crippen LogP contribution in [0.25, 0.3) is 0 Å². The summed E-state index contributed by atoms with van der Waals surface area (Å²) >= 11 is 5.99. The normalized spacial score (nSPS) is 11.6. The molecule has 1 aromatic rings. The van der Waals surface area contributed by atoms with E-state index in [2.05, 4.69) is 0 Å². The van der Waals surface area contributed by atoms with Crippen molar-refractivity contribution in [3.05, 3.63) is 34.9 Å². The van der Waals surface area contributed by atoms with E-state index in [1.807, 2.05) is 24.3 Å². The number of esters is 1. The molecule has 0 N–H and O–H groups in total. The number of ether oxygens (including phenoxy) is 1. The van der Waals surface area contributed by atoms with E-state index in [1.165, 1.54) is 0 Å². The van der Waals surface area contributed by atoms with Crippen LogP contribution >= 0.6 is 11.6 Å². The van der Waals surface area contributed by atoms with Crippen molar-refractivity contribution in [2.24, 2.45) is 5.92 Å². The van der Waals surface area contributed by atoms with Crippen LogP contribution in [0.4, 0.5) is 0 Å². The predicted molar refractivity (Wildman–Crippen MR) is 65.5 cm³/mol. The van der Waals surface area contributed by atoms with Crippen molar-refractivity contribution in [2.75, 3.05) is 6.61 Å². The Bertz CT molecular complexity index is 426. The first-order chi connectivity index (χ1) is 8.19. The van der Waals surface area contributed by atoms with Crippen LogP contribution in [0.2, 0.25) is 5.02 Å². The maximum absolute atomic E-state index is 11.4. The summed E-state index contributed by atoms with van der Waals surface area (Å²) in [4.78, 5) is 11.4. The average molecular weight is 252 g/mol. The van der Waals surface area contributed by atoms with Crippen LogP contribution in [0.15, 0.2) is 24.3 Å². The molecule has 0 heterocycles. The average Bonchev–Trinajstić information content (AvgIpc) is 2.32. The zero-order valence-corrected chi connectivity index (χ0v) is 10.4. The summed E-state index contributed by atoms with van der Waals surface area (Å²) < 4.78 is 4.82. The van der Waals surface area contributed by atoms with Gasteiger partial charge in [-0.1, -0.05) is 29.8 Å². The topological polar surface area (TPSA) is 50.1 Å². The van der Waals surface area contributed by atoms with Gasteiger partial charge in [-0.25, -0.2) is 0 Å². The standard InChI is InChI=1S/C13H14ClNO2/c1-2-17-13(16)11(9-15)8-7-10-5-3-4-6-12(10)14/h3-6,11H,2,7-8H2,1H3. The smallest absolute Gasteiger partial charge is 0.323 e. The molecule has 0 spiro atoms. The van der Waals surface area contributed by atoms with E-state index in [4.69, 9.17) is 21.6 Å². The first-order valence-corrected chi connectivity index (χ1v) is 5.86. The molecule has 0 amide bonds. The summed E-state index contributed by atoms with van der Waals surface area (Å²) in [5.74, 6) is -1.17. The van der Waals surface area contributed by atoms with Gasteiger partial charge in [-0.2, -0.15) is 5.26 Å². The van der Waals surface area contributed by atoms with E-state index in [0.29, 0.717) is 24.5 Å². The fraction of sp³-hybridized carbons (Fsp3) is 0.385. The number of aryl methyl sites for hydroxylation is 1. The van der Waals surface area contributed by atoms with Gasteiger partial charge in [0.05, 0.1) is 12.7 Å². The lowest BCUT2D eigenvalue weighted by Gasteiger charge is -2.08. The van der Waals surface area contributed by atoms with Crippen molar-refractivity contribution < 1.29 is 9.53 Å². The van der Waals surface area contributed by atoms with Gasteiger partial charge in [-0.3, -0.25) is 4.79 Å². The van der Waals surface area contributed by atoms with E-state index in [1.54, 1.807) is 13.0 Å². The quantitative estimate of drug-likeness (QED) is 0.756. The highest BCUT2D eigenvalue weighted by molar-refractivity contribution is 6.31. The van der Waals surface area contributed by atoms with Gasteiger partial charge >= 0.3 is 5.97 Å². The van der Waals surface area contributed by atoms with Crippen LogP contribution in [0.5, 0.6) is 0 Å². The molecule has 0 aliphatic rings. The first kappa shape index (κ1) is 13.5. The van der Waals surface area contributed by atoms with Crippen LogP contribution in [-0.4, -0.2) is 12.6 Å². The van der Waals surface area contributed by atoms with Crippen LogP contribution in [-0.2, 0) is 16.0 Å². The highest BCUT2D eigenvalue weighted by atomic mass is 35.5. The predicted octanol–water partition coefficient (Wildman–Crippen LogP) is 2.98. The van der Waals surface area contributed by atoms with Crippen molar-refractivity contribution in [3.63, 3.8) is 0 Å². The summed E-state index contributed by atoms with van der Waals surface area (Å²) in [5.41, 5.74) is 0.943. The molecule has 1 rings (SSSR count). The molecule has 1 atom stereocenters. The Kier molecular flexibility index (Phi) is 5.51. The second-order valence-corrected chi connectivity index (χ2v) is 3.97. The van der Waals surface area contributed by atoms with Gasteiger partial charge in [-0.15, -0.1) is 0 Å². The van der Waals surface area contributed by atoms with Gasteiger partial charge in [0.15, 0.2) is 0 Å². The molecule has 0 saturated heterocycles. The SMILES string of the molecule is CCOC(=O)C(C#N)CCc1ccccc1Cl. The zero-order valence-electron chi connectivity index (χ0n) is 9.65. The van der Waals surface area contributed by atoms with Gasteiger partial charge in [0, 0.05) is 5.02 Å². The lowest BCUT2D eigenvalue weighted by Crippen LogP contribution is -2.16.